The van der Waals surface area contributed by atoms with E-state index in [-0.39, 0.29) is 11.3 Å². The lowest BCUT2D eigenvalue weighted by Gasteiger charge is -2.12. The summed E-state index contributed by atoms with van der Waals surface area (Å²) in [4.78, 5) is 22.6. The molecule has 1 rings (SSSR count). The molecule has 6 heteroatoms. The van der Waals surface area contributed by atoms with Gasteiger partial charge in [-0.25, -0.2) is 8.78 Å². The number of Topliss-reactive ketones (excluding diaryl/α,β-unsaturated/α-hetero) is 1. The van der Waals surface area contributed by atoms with E-state index in [2.05, 4.69) is 5.32 Å². The molecule has 1 aromatic rings. The molecule has 4 nitrogen and oxygen atoms in total. The van der Waals surface area contributed by atoms with E-state index in [0.717, 1.165) is 13.8 Å². The van der Waals surface area contributed by atoms with Crippen molar-refractivity contribution in [3.8, 4) is 6.07 Å². The van der Waals surface area contributed by atoms with Crippen LogP contribution in [0.5, 0.6) is 0 Å². The SMILES string of the molecule is CC(=O)C(C#N)C(=O)Nc1ccc(C(C)(F)F)cc1. The number of halogens is 2. The van der Waals surface area contributed by atoms with E-state index in [1.807, 2.05) is 0 Å². The highest BCUT2D eigenvalue weighted by atomic mass is 19.3. The van der Waals surface area contributed by atoms with Gasteiger partial charge in [0.2, 0.25) is 5.91 Å². The van der Waals surface area contributed by atoms with Crippen molar-refractivity contribution < 1.29 is 18.4 Å². The average molecular weight is 266 g/mol. The number of ketones is 1. The number of nitrogens with one attached hydrogen (secondary N) is 1. The first-order chi connectivity index (χ1) is 8.75. The molecule has 19 heavy (non-hydrogen) atoms. The van der Waals surface area contributed by atoms with E-state index in [1.165, 1.54) is 24.3 Å². The highest BCUT2D eigenvalue weighted by Crippen LogP contribution is 2.27. The summed E-state index contributed by atoms with van der Waals surface area (Å²) in [6.07, 6.45) is 0. The maximum Gasteiger partial charge on any atom is 0.270 e. The van der Waals surface area contributed by atoms with Gasteiger partial charge in [0.15, 0.2) is 11.7 Å². The first-order valence-corrected chi connectivity index (χ1v) is 5.45. The van der Waals surface area contributed by atoms with Gasteiger partial charge in [-0.2, -0.15) is 5.26 Å². The molecule has 100 valence electrons. The van der Waals surface area contributed by atoms with E-state index in [9.17, 15) is 18.4 Å². The number of carbonyl (C=O) groups excluding carboxylic acids is 2. The Morgan fingerprint density at radius 1 is 1.32 bits per heavy atom. The van der Waals surface area contributed by atoms with E-state index < -0.39 is 23.5 Å². The molecule has 1 aromatic carbocycles. The monoisotopic (exact) mass is 266 g/mol. The summed E-state index contributed by atoms with van der Waals surface area (Å²) in [7, 11) is 0. The lowest BCUT2D eigenvalue weighted by molar-refractivity contribution is -0.127. The van der Waals surface area contributed by atoms with Crippen LogP contribution in [0, 0.1) is 17.2 Å². The average Bonchev–Trinajstić information content (AvgIpc) is 2.28. The zero-order chi connectivity index (χ0) is 14.6. The summed E-state index contributed by atoms with van der Waals surface area (Å²) in [5, 5.41) is 11.0. The van der Waals surface area contributed by atoms with Gasteiger partial charge >= 0.3 is 0 Å². The van der Waals surface area contributed by atoms with E-state index >= 15 is 0 Å². The fourth-order valence-corrected chi connectivity index (χ4v) is 1.39. The molecule has 1 amide bonds. The Balaban J connectivity index is 2.82. The van der Waals surface area contributed by atoms with E-state index in [0.29, 0.717) is 0 Å². The Labute approximate surface area is 109 Å². The smallest absolute Gasteiger partial charge is 0.270 e. The van der Waals surface area contributed by atoms with Crippen LogP contribution in [0.1, 0.15) is 19.4 Å². The molecule has 0 aliphatic heterocycles. The highest BCUT2D eigenvalue weighted by molar-refractivity contribution is 6.08. The van der Waals surface area contributed by atoms with Crippen molar-refractivity contribution in [1.82, 2.24) is 0 Å². The Morgan fingerprint density at radius 3 is 2.21 bits per heavy atom. The van der Waals surface area contributed by atoms with Gasteiger partial charge < -0.3 is 5.32 Å². The second-order valence-corrected chi connectivity index (χ2v) is 4.13. The number of benzene rings is 1. The van der Waals surface area contributed by atoms with Gasteiger partial charge in [-0.3, -0.25) is 9.59 Å². The maximum atomic E-state index is 13.0. The number of amides is 1. The van der Waals surface area contributed by atoms with Crippen molar-refractivity contribution in [2.45, 2.75) is 19.8 Å². The van der Waals surface area contributed by atoms with E-state index in [4.69, 9.17) is 5.26 Å². The molecule has 0 bridgehead atoms. The van der Waals surface area contributed by atoms with Gasteiger partial charge in [0.05, 0.1) is 6.07 Å². The second-order valence-electron chi connectivity index (χ2n) is 4.13. The number of alkyl halides is 2. The number of hydrogen-bond donors (Lipinski definition) is 1. The van der Waals surface area contributed by atoms with Crippen LogP contribution in [-0.4, -0.2) is 11.7 Å². The third-order valence-electron chi connectivity index (χ3n) is 2.46. The van der Waals surface area contributed by atoms with Crippen LogP contribution in [-0.2, 0) is 15.5 Å². The molecule has 0 fully saturated rings. The first-order valence-electron chi connectivity index (χ1n) is 5.45. The number of carbonyl (C=O) groups is 2. The quantitative estimate of drug-likeness (QED) is 0.851. The minimum Gasteiger partial charge on any atom is -0.325 e. The fraction of sp³-hybridized carbons (Fsp3) is 0.308. The summed E-state index contributed by atoms with van der Waals surface area (Å²) in [6.45, 7) is 1.90. The zero-order valence-electron chi connectivity index (χ0n) is 10.4. The van der Waals surface area contributed by atoms with Gasteiger partial charge in [-0.15, -0.1) is 0 Å². The lowest BCUT2D eigenvalue weighted by atomic mass is 10.1. The Morgan fingerprint density at radius 2 is 1.84 bits per heavy atom. The summed E-state index contributed by atoms with van der Waals surface area (Å²) in [6, 6.07) is 6.50. The summed E-state index contributed by atoms with van der Waals surface area (Å²) in [5.41, 5.74) is 0.0633. The molecule has 0 aliphatic rings. The van der Waals surface area contributed by atoms with Crippen LogP contribution in [0.4, 0.5) is 14.5 Å². The fourth-order valence-electron chi connectivity index (χ4n) is 1.39. The van der Waals surface area contributed by atoms with Gasteiger partial charge in [-0.05, 0) is 19.1 Å². The third kappa shape index (κ3) is 3.85. The van der Waals surface area contributed by atoms with Crippen LogP contribution >= 0.6 is 0 Å². The highest BCUT2D eigenvalue weighted by Gasteiger charge is 2.25. The van der Waals surface area contributed by atoms with E-state index in [1.54, 1.807) is 6.07 Å². The van der Waals surface area contributed by atoms with Crippen molar-refractivity contribution in [3.05, 3.63) is 29.8 Å². The summed E-state index contributed by atoms with van der Waals surface area (Å²) >= 11 is 0. The van der Waals surface area contributed by atoms with Crippen LogP contribution < -0.4 is 5.32 Å². The zero-order valence-corrected chi connectivity index (χ0v) is 10.4. The van der Waals surface area contributed by atoms with Crippen molar-refractivity contribution >= 4 is 17.4 Å². The standard InChI is InChI=1S/C13H12F2N2O2/c1-8(18)11(7-16)12(19)17-10-5-3-9(4-6-10)13(2,14)15/h3-6,11H,1-2H3,(H,17,19). The molecular formula is C13H12F2N2O2. The van der Waals surface area contributed by atoms with Crippen LogP contribution in [0.15, 0.2) is 24.3 Å². The van der Waals surface area contributed by atoms with Gasteiger partial charge in [0.1, 0.15) is 0 Å². The third-order valence-corrected chi connectivity index (χ3v) is 2.46. The molecule has 1 atom stereocenters. The molecule has 0 saturated heterocycles. The number of anilines is 1. The Hall–Kier alpha value is -2.29. The molecule has 0 aromatic heterocycles. The van der Waals surface area contributed by atoms with Crippen molar-refractivity contribution in [3.63, 3.8) is 0 Å². The lowest BCUT2D eigenvalue weighted by Crippen LogP contribution is -2.26. The van der Waals surface area contributed by atoms with Gasteiger partial charge in [0.25, 0.3) is 5.92 Å². The molecular weight excluding hydrogens is 254 g/mol. The van der Waals surface area contributed by atoms with Gasteiger partial charge in [0, 0.05) is 18.2 Å². The minimum absolute atomic E-state index is 0.186. The van der Waals surface area contributed by atoms with Crippen LogP contribution in [0.2, 0.25) is 0 Å². The molecule has 0 heterocycles. The largest absolute Gasteiger partial charge is 0.325 e. The molecule has 0 saturated carbocycles. The molecule has 0 aliphatic carbocycles. The summed E-state index contributed by atoms with van der Waals surface area (Å²) in [5.74, 6) is -5.70. The van der Waals surface area contributed by atoms with Crippen molar-refractivity contribution in [1.29, 1.82) is 5.26 Å². The molecule has 1 N–H and O–H groups in total. The number of hydrogen-bond acceptors (Lipinski definition) is 3. The Kier molecular flexibility index (Phi) is 4.33. The predicted molar refractivity (Wildman–Crippen MR) is 64.4 cm³/mol. The van der Waals surface area contributed by atoms with Crippen molar-refractivity contribution in [2.24, 2.45) is 5.92 Å². The first kappa shape index (κ1) is 14.8. The van der Waals surface area contributed by atoms with Gasteiger partial charge in [-0.1, -0.05) is 12.1 Å². The minimum atomic E-state index is -2.96. The normalized spacial score (nSPS) is 12.4. The second kappa shape index (κ2) is 5.57. The van der Waals surface area contributed by atoms with Crippen LogP contribution in [0.25, 0.3) is 0 Å². The Bertz CT molecular complexity index is 527. The number of rotatable bonds is 4. The molecule has 0 radical (unpaired) electrons. The summed E-state index contributed by atoms with van der Waals surface area (Å²) < 4.78 is 25.9. The maximum absolute atomic E-state index is 13.0. The number of nitriles is 1. The number of nitrogens with zero attached hydrogens (tertiary/aromatic N) is 1. The topological polar surface area (TPSA) is 70.0 Å². The molecule has 1 unspecified atom stereocenters. The van der Waals surface area contributed by atoms with Crippen molar-refractivity contribution in [2.75, 3.05) is 5.32 Å². The predicted octanol–water partition coefficient (Wildman–Crippen LogP) is 2.47. The van der Waals surface area contributed by atoms with Crippen LogP contribution in [0.3, 0.4) is 0 Å². The molecule has 0 spiro atoms.